The summed E-state index contributed by atoms with van der Waals surface area (Å²) in [6.45, 7) is 1.83. The average molecular weight is 338 g/mol. The van der Waals surface area contributed by atoms with Crippen LogP contribution < -0.4 is 10.6 Å². The van der Waals surface area contributed by atoms with E-state index in [0.717, 1.165) is 37.3 Å². The Morgan fingerprint density at radius 2 is 2.00 bits per heavy atom. The monoisotopic (exact) mass is 338 g/mol. The van der Waals surface area contributed by atoms with E-state index in [1.807, 2.05) is 6.07 Å². The maximum absolute atomic E-state index is 11.3. The molecule has 1 saturated heterocycles. The van der Waals surface area contributed by atoms with Gasteiger partial charge in [0.2, 0.25) is 5.91 Å². The Morgan fingerprint density at radius 1 is 1.21 bits per heavy atom. The van der Waals surface area contributed by atoms with Crippen LogP contribution in [0.2, 0.25) is 0 Å². The number of benzene rings is 1. The van der Waals surface area contributed by atoms with Gasteiger partial charge in [0.05, 0.1) is 15.2 Å². The minimum atomic E-state index is -0.414. The zero-order valence-corrected chi connectivity index (χ0v) is 14.0. The van der Waals surface area contributed by atoms with Crippen LogP contribution in [0.3, 0.4) is 0 Å². The van der Waals surface area contributed by atoms with Crippen molar-refractivity contribution in [3.63, 3.8) is 0 Å². The molecule has 0 spiro atoms. The highest BCUT2D eigenvalue weighted by atomic mass is 32.1. The number of nitrogens with two attached hydrogens (primary N) is 1. The highest BCUT2D eigenvalue weighted by Crippen LogP contribution is 2.34. The molecule has 3 aromatic rings. The number of amides is 1. The summed E-state index contributed by atoms with van der Waals surface area (Å²) in [6.07, 6.45) is 3.74. The molecule has 0 radical (unpaired) electrons. The van der Waals surface area contributed by atoms with Gasteiger partial charge in [-0.1, -0.05) is 12.1 Å². The molecule has 1 aliphatic rings. The number of hydrogen-bond acceptors (Lipinski definition) is 5. The second-order valence-electron chi connectivity index (χ2n) is 6.05. The smallest absolute Gasteiger partial charge is 0.248 e. The lowest BCUT2D eigenvalue weighted by molar-refractivity contribution is 0.1000. The molecule has 5 nitrogen and oxygen atoms in total. The number of fused-ring (bicyclic) bond motifs is 1. The first-order valence-electron chi connectivity index (χ1n) is 8.07. The van der Waals surface area contributed by atoms with Crippen LogP contribution in [0.1, 0.15) is 34.1 Å². The van der Waals surface area contributed by atoms with Crippen molar-refractivity contribution in [2.75, 3.05) is 18.0 Å². The van der Waals surface area contributed by atoms with Crippen LogP contribution in [0.25, 0.3) is 10.2 Å². The van der Waals surface area contributed by atoms with E-state index in [1.54, 1.807) is 29.7 Å². The third-order valence-electron chi connectivity index (χ3n) is 4.51. The molecule has 2 aromatic heterocycles. The molecule has 0 bridgehead atoms. The van der Waals surface area contributed by atoms with Crippen LogP contribution in [0, 0.1) is 0 Å². The summed E-state index contributed by atoms with van der Waals surface area (Å²) in [5, 5.41) is 1.23. The van der Waals surface area contributed by atoms with Gasteiger partial charge in [0, 0.05) is 30.8 Å². The summed E-state index contributed by atoms with van der Waals surface area (Å²) in [5.74, 6) is 0.912. The van der Waals surface area contributed by atoms with E-state index in [-0.39, 0.29) is 0 Å². The summed E-state index contributed by atoms with van der Waals surface area (Å²) in [5.41, 5.74) is 6.96. The number of primary amides is 1. The Morgan fingerprint density at radius 3 is 2.75 bits per heavy atom. The van der Waals surface area contributed by atoms with E-state index in [1.165, 1.54) is 9.71 Å². The molecule has 24 heavy (non-hydrogen) atoms. The Balaban J connectivity index is 1.48. The van der Waals surface area contributed by atoms with Crippen molar-refractivity contribution in [2.45, 2.75) is 18.8 Å². The SMILES string of the molecule is NC(=O)c1ccnc(N2CCC(c3nc4ccccc4s3)CC2)c1. The third-order valence-corrected chi connectivity index (χ3v) is 5.71. The predicted molar refractivity (Wildman–Crippen MR) is 96.6 cm³/mol. The Labute approximate surface area is 144 Å². The van der Waals surface area contributed by atoms with E-state index in [4.69, 9.17) is 10.7 Å². The number of para-hydroxylation sites is 1. The van der Waals surface area contributed by atoms with Crippen molar-refractivity contribution in [1.82, 2.24) is 9.97 Å². The molecule has 1 fully saturated rings. The number of aromatic nitrogens is 2. The molecule has 0 unspecified atom stereocenters. The molecule has 0 saturated carbocycles. The first-order valence-corrected chi connectivity index (χ1v) is 8.88. The maximum atomic E-state index is 11.3. The zero-order valence-electron chi connectivity index (χ0n) is 13.2. The van der Waals surface area contributed by atoms with E-state index in [2.05, 4.69) is 28.1 Å². The standard InChI is InChI=1S/C18H18N4OS/c19-17(23)13-5-8-20-16(11-13)22-9-6-12(7-10-22)18-21-14-3-1-2-4-15(14)24-18/h1-5,8,11-12H,6-7,9-10H2,(H2,19,23). The summed E-state index contributed by atoms with van der Waals surface area (Å²) < 4.78 is 1.26. The third kappa shape index (κ3) is 2.85. The van der Waals surface area contributed by atoms with E-state index in [0.29, 0.717) is 11.5 Å². The molecule has 6 heteroatoms. The molecule has 1 aromatic carbocycles. The largest absolute Gasteiger partial charge is 0.366 e. The summed E-state index contributed by atoms with van der Waals surface area (Å²) in [6, 6.07) is 11.7. The van der Waals surface area contributed by atoms with Gasteiger partial charge in [-0.25, -0.2) is 9.97 Å². The van der Waals surface area contributed by atoms with Crippen molar-refractivity contribution in [3.05, 3.63) is 53.2 Å². The molecular formula is C18H18N4OS. The van der Waals surface area contributed by atoms with Gasteiger partial charge < -0.3 is 10.6 Å². The second-order valence-corrected chi connectivity index (χ2v) is 7.11. The Bertz CT molecular complexity index is 850. The molecule has 122 valence electrons. The molecule has 4 rings (SSSR count). The molecule has 1 aliphatic heterocycles. The number of carbonyl (C=O) groups is 1. The number of anilines is 1. The Kier molecular flexibility index (Phi) is 3.90. The first kappa shape index (κ1) is 15.1. The van der Waals surface area contributed by atoms with Crippen molar-refractivity contribution < 1.29 is 4.79 Å². The van der Waals surface area contributed by atoms with E-state index in [9.17, 15) is 4.79 Å². The highest BCUT2D eigenvalue weighted by molar-refractivity contribution is 7.18. The van der Waals surface area contributed by atoms with Gasteiger partial charge in [-0.3, -0.25) is 4.79 Å². The number of piperidine rings is 1. The lowest BCUT2D eigenvalue weighted by Crippen LogP contribution is -2.33. The van der Waals surface area contributed by atoms with Crippen molar-refractivity contribution in [3.8, 4) is 0 Å². The number of pyridine rings is 1. The highest BCUT2D eigenvalue weighted by Gasteiger charge is 2.24. The van der Waals surface area contributed by atoms with E-state index < -0.39 is 5.91 Å². The summed E-state index contributed by atoms with van der Waals surface area (Å²) in [7, 11) is 0. The predicted octanol–water partition coefficient (Wildman–Crippen LogP) is 3.17. The zero-order chi connectivity index (χ0) is 16.5. The summed E-state index contributed by atoms with van der Waals surface area (Å²) in [4.78, 5) is 22.7. The lowest BCUT2D eigenvalue weighted by Gasteiger charge is -2.32. The minimum Gasteiger partial charge on any atom is -0.366 e. The fourth-order valence-electron chi connectivity index (χ4n) is 3.16. The molecule has 3 heterocycles. The molecule has 0 aliphatic carbocycles. The van der Waals surface area contributed by atoms with Gasteiger partial charge in [-0.2, -0.15) is 0 Å². The van der Waals surface area contributed by atoms with Gasteiger partial charge in [0.15, 0.2) is 0 Å². The van der Waals surface area contributed by atoms with Crippen LogP contribution in [0.4, 0.5) is 5.82 Å². The summed E-state index contributed by atoms with van der Waals surface area (Å²) >= 11 is 1.80. The first-order chi connectivity index (χ1) is 11.7. The quantitative estimate of drug-likeness (QED) is 0.796. The van der Waals surface area contributed by atoms with Gasteiger partial charge in [0.25, 0.3) is 0 Å². The number of rotatable bonds is 3. The van der Waals surface area contributed by atoms with Crippen LogP contribution in [0.5, 0.6) is 0 Å². The molecule has 0 atom stereocenters. The van der Waals surface area contributed by atoms with Crippen LogP contribution in [-0.2, 0) is 0 Å². The van der Waals surface area contributed by atoms with Crippen LogP contribution in [-0.4, -0.2) is 29.0 Å². The normalized spacial score (nSPS) is 15.8. The fraction of sp³-hybridized carbons (Fsp3) is 0.278. The molecule has 1 amide bonds. The topological polar surface area (TPSA) is 72.1 Å². The van der Waals surface area contributed by atoms with Crippen LogP contribution >= 0.6 is 11.3 Å². The number of nitrogens with zero attached hydrogens (tertiary/aromatic N) is 3. The molecular weight excluding hydrogens is 320 g/mol. The minimum absolute atomic E-state index is 0.414. The van der Waals surface area contributed by atoms with E-state index >= 15 is 0 Å². The maximum Gasteiger partial charge on any atom is 0.248 e. The van der Waals surface area contributed by atoms with Crippen molar-refractivity contribution >= 4 is 33.3 Å². The number of thiazole rings is 1. The average Bonchev–Trinajstić information content (AvgIpc) is 3.06. The second kappa shape index (κ2) is 6.20. The Hall–Kier alpha value is -2.47. The van der Waals surface area contributed by atoms with Gasteiger partial charge >= 0.3 is 0 Å². The molecule has 2 N–H and O–H groups in total. The van der Waals surface area contributed by atoms with Crippen molar-refractivity contribution in [1.29, 1.82) is 0 Å². The number of hydrogen-bond donors (Lipinski definition) is 1. The van der Waals surface area contributed by atoms with Gasteiger partial charge in [-0.15, -0.1) is 11.3 Å². The van der Waals surface area contributed by atoms with Crippen LogP contribution in [0.15, 0.2) is 42.6 Å². The van der Waals surface area contributed by atoms with Crippen molar-refractivity contribution in [2.24, 2.45) is 5.73 Å². The lowest BCUT2D eigenvalue weighted by atomic mass is 9.97. The van der Waals surface area contributed by atoms with Gasteiger partial charge in [-0.05, 0) is 37.1 Å². The van der Waals surface area contributed by atoms with Gasteiger partial charge in [0.1, 0.15) is 5.82 Å². The fourth-order valence-corrected chi connectivity index (χ4v) is 4.30. The number of carbonyl (C=O) groups excluding carboxylic acids is 1.